The second-order valence-electron chi connectivity index (χ2n) is 7.43. The van der Waals surface area contributed by atoms with Gasteiger partial charge in [-0.25, -0.2) is 14.4 Å². The molecule has 7 heteroatoms. The largest absolute Gasteiger partial charge is 0.497 e. The zero-order valence-corrected chi connectivity index (χ0v) is 17.6. The lowest BCUT2D eigenvalue weighted by Crippen LogP contribution is -2.30. The highest BCUT2D eigenvalue weighted by atomic mass is 16.5. The van der Waals surface area contributed by atoms with Crippen LogP contribution in [0, 0.1) is 0 Å². The molecule has 1 aliphatic rings. The summed E-state index contributed by atoms with van der Waals surface area (Å²) in [6.45, 7) is 0. The minimum absolute atomic E-state index is 0.0410. The van der Waals surface area contributed by atoms with Gasteiger partial charge in [0.15, 0.2) is 0 Å². The summed E-state index contributed by atoms with van der Waals surface area (Å²) in [6, 6.07) is 23.7. The summed E-state index contributed by atoms with van der Waals surface area (Å²) >= 11 is 0. The first-order valence-electron chi connectivity index (χ1n) is 10.2. The number of benzene rings is 3. The second-order valence-corrected chi connectivity index (χ2v) is 7.43. The number of nitrogens with one attached hydrogen (secondary N) is 1. The van der Waals surface area contributed by atoms with E-state index in [1.807, 2.05) is 54.6 Å². The predicted molar refractivity (Wildman–Crippen MR) is 128 cm³/mol. The number of methoxy groups -OCH3 is 1. The molecule has 0 unspecified atom stereocenters. The fourth-order valence-electron chi connectivity index (χ4n) is 3.85. The monoisotopic (exact) mass is 437 g/mol. The fourth-order valence-corrected chi connectivity index (χ4v) is 3.85. The quantitative estimate of drug-likeness (QED) is 0.506. The van der Waals surface area contributed by atoms with E-state index in [0.717, 1.165) is 21.4 Å². The van der Waals surface area contributed by atoms with Crippen LogP contribution < -0.4 is 16.0 Å². The maximum absolute atomic E-state index is 12.8. The van der Waals surface area contributed by atoms with Crippen LogP contribution in [0.25, 0.3) is 17.3 Å². The Hall–Kier alpha value is -4.65. The van der Waals surface area contributed by atoms with Crippen LogP contribution >= 0.6 is 0 Å². The zero-order valence-electron chi connectivity index (χ0n) is 17.6. The molecule has 1 aliphatic heterocycles. The SMILES string of the molecule is COc1ccc(-n2c(O)c(/C=C3\C(c4ccccc4)=Nc4ccccc43)c(=O)[nH]c2=O)cc1. The predicted octanol–water partition coefficient (Wildman–Crippen LogP) is 3.92. The van der Waals surface area contributed by atoms with E-state index in [1.165, 1.54) is 7.11 Å². The van der Waals surface area contributed by atoms with E-state index in [0.29, 0.717) is 22.7 Å². The number of aromatic hydroxyl groups is 1. The molecule has 0 aliphatic carbocycles. The number of allylic oxidation sites excluding steroid dienone is 1. The van der Waals surface area contributed by atoms with Gasteiger partial charge in [-0.2, -0.15) is 0 Å². The Labute approximate surface area is 188 Å². The Morgan fingerprint density at radius 2 is 1.64 bits per heavy atom. The molecule has 5 rings (SSSR count). The molecular formula is C26H19N3O4. The molecule has 3 aromatic carbocycles. The number of ether oxygens (including phenoxy) is 1. The topological polar surface area (TPSA) is 96.7 Å². The molecule has 2 heterocycles. The normalized spacial score (nSPS) is 13.6. The molecule has 2 N–H and O–H groups in total. The molecular weight excluding hydrogens is 418 g/mol. The van der Waals surface area contributed by atoms with Gasteiger partial charge in [0.05, 0.1) is 24.2 Å². The fraction of sp³-hybridized carbons (Fsp3) is 0.0385. The van der Waals surface area contributed by atoms with Gasteiger partial charge in [-0.15, -0.1) is 0 Å². The van der Waals surface area contributed by atoms with Crippen molar-refractivity contribution in [2.75, 3.05) is 7.11 Å². The Bertz CT molecular complexity index is 1530. The molecule has 162 valence electrons. The average Bonchev–Trinajstić information content (AvgIpc) is 3.21. The molecule has 0 spiro atoms. The highest BCUT2D eigenvalue weighted by Gasteiger charge is 2.24. The van der Waals surface area contributed by atoms with Crippen molar-refractivity contribution in [1.82, 2.24) is 9.55 Å². The van der Waals surface area contributed by atoms with Gasteiger partial charge in [0.25, 0.3) is 5.56 Å². The van der Waals surface area contributed by atoms with Crippen LogP contribution in [0.2, 0.25) is 0 Å². The standard InChI is InChI=1S/C26H19N3O4/c1-33-18-13-11-17(12-14-18)29-25(31)21(24(30)28-26(29)32)15-20-19-9-5-6-10-22(19)27-23(20)16-7-3-2-4-8-16/h2-15,31H,1H3,(H,28,30,32)/b20-15-. The van der Waals surface area contributed by atoms with Gasteiger partial charge in [0.1, 0.15) is 11.3 Å². The van der Waals surface area contributed by atoms with Crippen molar-refractivity contribution in [3.63, 3.8) is 0 Å². The van der Waals surface area contributed by atoms with Gasteiger partial charge >= 0.3 is 5.69 Å². The van der Waals surface area contributed by atoms with Crippen molar-refractivity contribution < 1.29 is 9.84 Å². The summed E-state index contributed by atoms with van der Waals surface area (Å²) < 4.78 is 6.20. The lowest BCUT2D eigenvalue weighted by molar-refractivity contribution is 0.414. The molecule has 7 nitrogen and oxygen atoms in total. The van der Waals surface area contributed by atoms with Gasteiger partial charge in [0.2, 0.25) is 5.88 Å². The van der Waals surface area contributed by atoms with Crippen LogP contribution in [0.3, 0.4) is 0 Å². The number of hydrogen-bond donors (Lipinski definition) is 2. The van der Waals surface area contributed by atoms with Crippen molar-refractivity contribution in [2.45, 2.75) is 0 Å². The number of rotatable bonds is 4. The number of hydrogen-bond acceptors (Lipinski definition) is 5. The Balaban J connectivity index is 1.72. The number of H-pyrrole nitrogens is 1. The molecule has 0 saturated carbocycles. The summed E-state index contributed by atoms with van der Waals surface area (Å²) in [4.78, 5) is 32.4. The van der Waals surface area contributed by atoms with Crippen molar-refractivity contribution in [3.8, 4) is 17.3 Å². The van der Waals surface area contributed by atoms with E-state index in [1.54, 1.807) is 30.3 Å². The smallest absolute Gasteiger partial charge is 0.335 e. The summed E-state index contributed by atoms with van der Waals surface area (Å²) in [7, 11) is 1.54. The first-order chi connectivity index (χ1) is 16.1. The first-order valence-corrected chi connectivity index (χ1v) is 10.2. The molecule has 0 amide bonds. The average molecular weight is 437 g/mol. The Morgan fingerprint density at radius 3 is 2.36 bits per heavy atom. The van der Waals surface area contributed by atoms with Gasteiger partial charge in [-0.05, 0) is 36.4 Å². The summed E-state index contributed by atoms with van der Waals surface area (Å²) in [6.07, 6.45) is 1.57. The molecule has 0 saturated heterocycles. The number of aromatic nitrogens is 2. The van der Waals surface area contributed by atoms with Crippen LogP contribution in [0.1, 0.15) is 16.7 Å². The molecule has 0 fully saturated rings. The van der Waals surface area contributed by atoms with E-state index < -0.39 is 17.1 Å². The third kappa shape index (κ3) is 3.55. The van der Waals surface area contributed by atoms with Crippen molar-refractivity contribution in [2.24, 2.45) is 4.99 Å². The maximum Gasteiger partial charge on any atom is 0.335 e. The van der Waals surface area contributed by atoms with Gasteiger partial charge in [-0.1, -0.05) is 48.5 Å². The number of para-hydroxylation sites is 1. The van der Waals surface area contributed by atoms with Crippen molar-refractivity contribution in [3.05, 3.63) is 116 Å². The molecule has 33 heavy (non-hydrogen) atoms. The molecule has 0 radical (unpaired) electrons. The minimum atomic E-state index is -0.742. The number of aromatic amines is 1. The number of nitrogens with zero attached hydrogens (tertiary/aromatic N) is 2. The molecule has 4 aromatic rings. The Kier molecular flexibility index (Phi) is 4.99. The number of fused-ring (bicyclic) bond motifs is 1. The van der Waals surface area contributed by atoms with E-state index >= 15 is 0 Å². The van der Waals surface area contributed by atoms with Crippen molar-refractivity contribution >= 4 is 23.0 Å². The number of aliphatic imine (C=N–C) groups is 1. The van der Waals surface area contributed by atoms with E-state index in [-0.39, 0.29) is 5.56 Å². The highest BCUT2D eigenvalue weighted by Crippen LogP contribution is 2.38. The van der Waals surface area contributed by atoms with E-state index in [9.17, 15) is 14.7 Å². The van der Waals surface area contributed by atoms with Crippen molar-refractivity contribution in [1.29, 1.82) is 0 Å². The van der Waals surface area contributed by atoms with Crippen LogP contribution in [0.4, 0.5) is 5.69 Å². The van der Waals surface area contributed by atoms with E-state index in [4.69, 9.17) is 9.73 Å². The van der Waals surface area contributed by atoms with Crippen LogP contribution in [0.5, 0.6) is 11.6 Å². The maximum atomic E-state index is 12.8. The third-order valence-electron chi connectivity index (χ3n) is 5.47. The summed E-state index contributed by atoms with van der Waals surface area (Å²) in [5, 5.41) is 11.0. The third-order valence-corrected chi connectivity index (χ3v) is 5.47. The zero-order chi connectivity index (χ0) is 22.9. The molecule has 1 aromatic heterocycles. The lowest BCUT2D eigenvalue weighted by atomic mass is 9.96. The molecule has 0 atom stereocenters. The summed E-state index contributed by atoms with van der Waals surface area (Å²) in [5.74, 6) is 0.141. The highest BCUT2D eigenvalue weighted by molar-refractivity contribution is 6.39. The van der Waals surface area contributed by atoms with E-state index in [2.05, 4.69) is 4.98 Å². The molecule has 0 bridgehead atoms. The summed E-state index contributed by atoms with van der Waals surface area (Å²) in [5.41, 5.74) is 2.74. The first kappa shape index (κ1) is 20.3. The van der Waals surface area contributed by atoms with Gasteiger partial charge in [-0.3, -0.25) is 9.78 Å². The van der Waals surface area contributed by atoms with Crippen LogP contribution in [0.15, 0.2) is 93.4 Å². The lowest BCUT2D eigenvalue weighted by Gasteiger charge is -2.12. The van der Waals surface area contributed by atoms with Crippen LogP contribution in [-0.2, 0) is 0 Å². The second kappa shape index (κ2) is 8.12. The van der Waals surface area contributed by atoms with Gasteiger partial charge in [0, 0.05) is 16.7 Å². The minimum Gasteiger partial charge on any atom is -0.497 e. The Morgan fingerprint density at radius 1 is 0.939 bits per heavy atom. The van der Waals surface area contributed by atoms with Crippen LogP contribution in [-0.4, -0.2) is 27.5 Å². The van der Waals surface area contributed by atoms with Gasteiger partial charge < -0.3 is 9.84 Å².